The molecule has 2 unspecified atom stereocenters. The number of nitrogens with one attached hydrogen (secondary N) is 6. The standard InChI is InChI=1S/C109H162N6O8.I2/c1-80(56-60-96-88(9)48-36-64-106(96,13)14)40-31-44-84(5)74-94(116)78-92(52-23-29-70-112-102(120)76-86(7)46-33-42-82(3)58-62-98-90(11)50-38-66-108(98,17)18)104(122)114-72-27-21-25-68-110-100(118)54-35-55-101(119)111-69-26-22-28-73-115-105(123)93(79-95(117)75-85(6)45-32-41-81(2)57-61-97-89(10)49-37-65-107(97,15)16)53-24-30-71-113-103(121)77-87(8)47-34-43-83(4)59-63-99-91(12)51-39-67-109(99,19)20;1-2/h31-34,40-47,56-63,74-77,92-93H,21-30,35-39,48-55,64-73,78-79H2,1-20H3,(H,110,118)(H,111,119)(H,112,120)(H,113,121)(H,114,122)(H,115,123);/b44-31+,45-32+,46-33+,47-34+,60-56+,61-57+,62-58+,63-59+,80-40+,81-41+,82-42+,83-43+,84-74+,85-75+,86-76+,87-77+;. The minimum atomic E-state index is -0.542. The second-order valence-corrected chi connectivity index (χ2v) is 38.3. The van der Waals surface area contributed by atoms with Gasteiger partial charge in [0.25, 0.3) is 0 Å². The maximum absolute atomic E-state index is 13.8. The maximum atomic E-state index is 13.8. The van der Waals surface area contributed by atoms with Crippen molar-refractivity contribution < 1.29 is 38.4 Å². The summed E-state index contributed by atoms with van der Waals surface area (Å²) in [5.41, 5.74) is 19.9. The minimum Gasteiger partial charge on any atom is -0.356 e. The first-order valence-electron chi connectivity index (χ1n) is 46.8. The Labute approximate surface area is 780 Å². The number of hydrogen-bond acceptors (Lipinski definition) is 8. The monoisotopic (exact) mass is 1940 g/mol. The Balaban J connectivity index is 0.0000200. The first-order valence-corrected chi connectivity index (χ1v) is 53.1. The van der Waals surface area contributed by atoms with Crippen molar-refractivity contribution in [2.24, 2.45) is 33.5 Å². The molecule has 6 amide bonds. The summed E-state index contributed by atoms with van der Waals surface area (Å²) in [4.78, 5) is 106. The van der Waals surface area contributed by atoms with Crippen LogP contribution in [0.2, 0.25) is 0 Å². The van der Waals surface area contributed by atoms with Crippen LogP contribution in [0.1, 0.15) is 325 Å². The van der Waals surface area contributed by atoms with Crippen molar-refractivity contribution >= 4 is 84.2 Å². The summed E-state index contributed by atoms with van der Waals surface area (Å²) in [5, 5.41) is 18.1. The molecule has 4 rings (SSSR count). The van der Waals surface area contributed by atoms with Crippen LogP contribution in [0.3, 0.4) is 0 Å². The lowest BCUT2D eigenvalue weighted by Crippen LogP contribution is -2.33. The van der Waals surface area contributed by atoms with Crippen LogP contribution in [0.25, 0.3) is 0 Å². The number of ketones is 2. The van der Waals surface area contributed by atoms with Gasteiger partial charge in [-0.25, -0.2) is 0 Å². The molecule has 14 nitrogen and oxygen atoms in total. The van der Waals surface area contributed by atoms with E-state index in [0.29, 0.717) is 110 Å². The van der Waals surface area contributed by atoms with E-state index >= 15 is 0 Å². The Kier molecular flexibility index (Phi) is 54.5. The highest BCUT2D eigenvalue weighted by Crippen LogP contribution is 2.44. The van der Waals surface area contributed by atoms with Gasteiger partial charge >= 0.3 is 0 Å². The largest absolute Gasteiger partial charge is 0.356 e. The molecule has 0 bridgehead atoms. The lowest BCUT2D eigenvalue weighted by molar-refractivity contribution is -0.128. The molecule has 0 spiro atoms. The van der Waals surface area contributed by atoms with Gasteiger partial charge in [0.1, 0.15) is 0 Å². The predicted molar refractivity (Wildman–Crippen MR) is 546 cm³/mol. The fourth-order valence-corrected chi connectivity index (χ4v) is 17.1. The highest BCUT2D eigenvalue weighted by atomic mass is 128. The predicted octanol–water partition coefficient (Wildman–Crippen LogP) is 26.6. The Morgan fingerprint density at radius 1 is 0.312 bits per heavy atom. The number of carbonyl (C=O) groups is 8. The van der Waals surface area contributed by atoms with Crippen LogP contribution in [0.4, 0.5) is 0 Å². The lowest BCUT2D eigenvalue weighted by atomic mass is 9.72. The van der Waals surface area contributed by atoms with E-state index in [1.165, 1.54) is 96.0 Å². The molecule has 0 saturated carbocycles. The van der Waals surface area contributed by atoms with Gasteiger partial charge in [0.05, 0.1) is 0 Å². The number of unbranched alkanes of at least 4 members (excludes halogenated alkanes) is 6. The minimum absolute atomic E-state index is 0.0666. The van der Waals surface area contributed by atoms with Gasteiger partial charge in [-0.2, -0.15) is 0 Å². The van der Waals surface area contributed by atoms with E-state index in [1.54, 1.807) is 24.3 Å². The van der Waals surface area contributed by atoms with Crippen LogP contribution in [0.5, 0.6) is 0 Å². The zero-order valence-corrected chi connectivity index (χ0v) is 85.1. The first-order chi connectivity index (χ1) is 59.3. The van der Waals surface area contributed by atoms with E-state index in [-0.39, 0.29) is 94.4 Å². The highest BCUT2D eigenvalue weighted by Gasteiger charge is 2.31. The molecule has 0 saturated heterocycles. The third-order valence-electron chi connectivity index (χ3n) is 24.5. The van der Waals surface area contributed by atoms with E-state index in [1.807, 2.05) is 88.5 Å². The van der Waals surface area contributed by atoms with Crippen molar-refractivity contribution in [3.63, 3.8) is 0 Å². The fourth-order valence-electron chi connectivity index (χ4n) is 17.1. The van der Waals surface area contributed by atoms with E-state index in [0.717, 1.165) is 83.1 Å². The van der Waals surface area contributed by atoms with E-state index in [2.05, 4.69) is 241 Å². The molecule has 2 atom stereocenters. The number of halogens is 2. The summed E-state index contributed by atoms with van der Waals surface area (Å²) in [7, 11) is 0. The van der Waals surface area contributed by atoms with Gasteiger partial charge in [0.15, 0.2) is 11.6 Å². The van der Waals surface area contributed by atoms with Gasteiger partial charge in [-0.05, 0) is 309 Å². The van der Waals surface area contributed by atoms with Gasteiger partial charge in [-0.3, -0.25) is 38.4 Å². The molecule has 125 heavy (non-hydrogen) atoms. The SMILES string of the molecule is CC1=C(/C=C/C(C)=C/C=C/C(C)=C/C(=O)CC(CCCCNC(=O)/C=C(C)/C=C/C=C(C)/C=C/C2=C(C)CCCC2(C)C)C(=O)NCCCCCNC(=O)CCCC(=O)NCCCCCNC(=O)C(CCCCNC(=O)/C=C(C)/C=C/C=C(C)/C=C/C2=C(C)CCCC2(C)C)CC(=O)/C=C(C)/C=C/C=C(C)/C=C/C2=C(C)CCCC2(C)C)C(C)(C)CCC1.II. The molecular weight excluding hydrogens is 1780 g/mol. The second kappa shape index (κ2) is 61.0. The van der Waals surface area contributed by atoms with Gasteiger partial charge in [0.2, 0.25) is 35.4 Å². The highest BCUT2D eigenvalue weighted by molar-refractivity contribution is 15.0. The zero-order valence-electron chi connectivity index (χ0n) is 80.8. The first kappa shape index (κ1) is 112. The average Bonchev–Trinajstić information content (AvgIpc) is 0.835. The molecule has 0 aromatic carbocycles. The molecule has 690 valence electrons. The van der Waals surface area contributed by atoms with Crippen LogP contribution < -0.4 is 31.9 Å². The third kappa shape index (κ3) is 47.9. The Bertz CT molecular complexity index is 3970. The molecule has 0 aromatic rings. The number of carbonyl (C=O) groups excluding carboxylic acids is 8. The zero-order chi connectivity index (χ0) is 93.0. The van der Waals surface area contributed by atoms with Crippen LogP contribution in [0.15, 0.2) is 235 Å². The Morgan fingerprint density at radius 3 is 0.832 bits per heavy atom. The van der Waals surface area contributed by atoms with E-state index in [9.17, 15) is 38.4 Å². The topological polar surface area (TPSA) is 209 Å². The van der Waals surface area contributed by atoms with Crippen molar-refractivity contribution in [2.75, 3.05) is 39.3 Å². The van der Waals surface area contributed by atoms with Crippen molar-refractivity contribution in [1.29, 1.82) is 0 Å². The molecule has 6 N–H and O–H groups in total. The molecule has 4 aliphatic rings. The summed E-state index contributed by atoms with van der Waals surface area (Å²) < 4.78 is 0. The van der Waals surface area contributed by atoms with Crippen molar-refractivity contribution in [3.8, 4) is 0 Å². The number of amides is 6. The molecule has 4 aliphatic carbocycles. The van der Waals surface area contributed by atoms with E-state index in [4.69, 9.17) is 0 Å². The number of rotatable bonds is 52. The molecule has 0 aliphatic heterocycles. The Hall–Kier alpha value is -7.58. The number of allylic oxidation sites excluding steroid dienone is 38. The van der Waals surface area contributed by atoms with Crippen LogP contribution in [0, 0.1) is 33.5 Å². The lowest BCUT2D eigenvalue weighted by Gasteiger charge is -2.33. The molecule has 16 heteroatoms. The summed E-state index contributed by atoms with van der Waals surface area (Å²) in [6.07, 6.45) is 71.0. The number of hydrogen-bond donors (Lipinski definition) is 6. The molecule has 0 aromatic heterocycles. The van der Waals surface area contributed by atoms with Gasteiger partial charge in [-0.1, -0.05) is 234 Å². The van der Waals surface area contributed by atoms with Crippen LogP contribution in [-0.2, 0) is 38.4 Å². The van der Waals surface area contributed by atoms with E-state index < -0.39 is 11.8 Å². The van der Waals surface area contributed by atoms with Crippen molar-refractivity contribution in [2.45, 2.75) is 325 Å². The average molecular weight is 1940 g/mol. The molecule has 0 heterocycles. The van der Waals surface area contributed by atoms with Crippen molar-refractivity contribution in [1.82, 2.24) is 31.9 Å². The van der Waals surface area contributed by atoms with Crippen LogP contribution in [-0.4, -0.2) is 86.3 Å². The summed E-state index contributed by atoms with van der Waals surface area (Å²) in [6.45, 7) is 46.1. The molecular formula is C109H162I2N6O8. The van der Waals surface area contributed by atoms with Gasteiger partial charge in [0, 0.05) is 126 Å². The normalized spacial score (nSPS) is 18.3. The summed E-state index contributed by atoms with van der Waals surface area (Å²) in [6, 6.07) is 0. The van der Waals surface area contributed by atoms with Crippen molar-refractivity contribution in [3.05, 3.63) is 235 Å². The second-order valence-electron chi connectivity index (χ2n) is 38.3. The quantitative estimate of drug-likeness (QED) is 0.0149. The summed E-state index contributed by atoms with van der Waals surface area (Å²) >= 11 is 4.24. The summed E-state index contributed by atoms with van der Waals surface area (Å²) in [5.74, 6) is -2.27. The van der Waals surface area contributed by atoms with Crippen LogP contribution >= 0.6 is 37.2 Å². The molecule has 0 radical (unpaired) electrons. The third-order valence-corrected chi connectivity index (χ3v) is 24.5. The fraction of sp³-hybridized carbons (Fsp3) is 0.560. The Morgan fingerprint density at radius 2 is 0.560 bits per heavy atom. The maximum Gasteiger partial charge on any atom is 0.244 e. The molecule has 0 fully saturated rings. The van der Waals surface area contributed by atoms with Gasteiger partial charge in [-0.15, -0.1) is 0 Å². The van der Waals surface area contributed by atoms with Gasteiger partial charge < -0.3 is 31.9 Å². The smallest absolute Gasteiger partial charge is 0.244 e.